The average molecular weight is 215 g/mol. The molecule has 1 aromatic rings. The number of aromatic hydroxyl groups is 1. The van der Waals surface area contributed by atoms with E-state index in [0.29, 0.717) is 6.20 Å². The first-order chi connectivity index (χ1) is 6.97. The van der Waals surface area contributed by atoms with Gasteiger partial charge in [0.05, 0.1) is 13.3 Å². The van der Waals surface area contributed by atoms with Crippen LogP contribution in [0.5, 0.6) is 5.75 Å². The predicted molar refractivity (Wildman–Crippen MR) is 46.5 cm³/mol. The van der Waals surface area contributed by atoms with Crippen molar-refractivity contribution < 1.29 is 25.0 Å². The molecule has 0 amide bonds. The summed E-state index contributed by atoms with van der Waals surface area (Å²) in [6.07, 6.45) is -1.11. The first-order valence-electron chi connectivity index (χ1n) is 3.88. The molecule has 0 spiro atoms. The molecule has 0 saturated carbocycles. The zero-order chi connectivity index (χ0) is 11.6. The van der Waals surface area contributed by atoms with Crippen molar-refractivity contribution in [2.45, 2.75) is 6.10 Å². The molecule has 0 bridgehead atoms. The Morgan fingerprint density at radius 2 is 2.20 bits per heavy atom. The monoisotopic (exact) mass is 215 g/mol. The van der Waals surface area contributed by atoms with Crippen LogP contribution in [0.15, 0.2) is 17.1 Å². The molecule has 0 aliphatic heterocycles. The van der Waals surface area contributed by atoms with Gasteiger partial charge in [0.2, 0.25) is 5.43 Å². The molecule has 0 fully saturated rings. The summed E-state index contributed by atoms with van der Waals surface area (Å²) in [5.41, 5.74) is -1.21. The van der Waals surface area contributed by atoms with Crippen molar-refractivity contribution in [3.63, 3.8) is 0 Å². The number of aliphatic hydroxyl groups is 1. The zero-order valence-electron chi connectivity index (χ0n) is 7.75. The van der Waals surface area contributed by atoms with Gasteiger partial charge in [-0.15, -0.1) is 0 Å². The van der Waals surface area contributed by atoms with Gasteiger partial charge in [-0.1, -0.05) is 0 Å². The molecule has 1 aromatic heterocycles. The Hall–Kier alpha value is -2.02. The lowest BCUT2D eigenvalue weighted by Crippen LogP contribution is -2.20. The molecule has 3 N–H and O–H groups in total. The predicted octanol–water partition coefficient (Wildman–Crippen LogP) is -1.00. The number of aromatic nitrogens is 1. The second-order valence-electron chi connectivity index (χ2n) is 2.72. The van der Waals surface area contributed by atoms with E-state index in [-0.39, 0.29) is 10.4 Å². The summed E-state index contributed by atoms with van der Waals surface area (Å²) in [5, 5.41) is 27.4. The molecule has 1 atom stereocenters. The second-order valence-corrected chi connectivity index (χ2v) is 2.72. The summed E-state index contributed by atoms with van der Waals surface area (Å²) in [7, 11) is 1.05. The van der Waals surface area contributed by atoms with Crippen molar-refractivity contribution >= 4 is 5.97 Å². The number of esters is 1. The summed E-state index contributed by atoms with van der Waals surface area (Å²) < 4.78 is 4.49. The third-order valence-corrected chi connectivity index (χ3v) is 1.75. The molecule has 1 rings (SSSR count). The number of hydrogen-bond donors (Lipinski definition) is 3. The Balaban J connectivity index is 3.20. The number of carbonyl (C=O) groups is 1. The molecule has 7 heteroatoms. The van der Waals surface area contributed by atoms with Crippen LogP contribution in [0.2, 0.25) is 0 Å². The molecule has 1 heterocycles. The Labute approximate surface area is 83.7 Å². The van der Waals surface area contributed by atoms with Crippen LogP contribution in [0.4, 0.5) is 0 Å². The van der Waals surface area contributed by atoms with Gasteiger partial charge >= 0.3 is 5.97 Å². The molecule has 0 saturated heterocycles. The lowest BCUT2D eigenvalue weighted by atomic mass is 10.2. The average Bonchev–Trinajstić information content (AvgIpc) is 2.21. The van der Waals surface area contributed by atoms with Crippen LogP contribution in [0, 0.1) is 0 Å². The Kier molecular flexibility index (Phi) is 2.96. The second kappa shape index (κ2) is 4.01. The third-order valence-electron chi connectivity index (χ3n) is 1.75. The number of nitrogens with zero attached hydrogens (tertiary/aromatic N) is 1. The molecule has 82 valence electrons. The van der Waals surface area contributed by atoms with E-state index in [1.807, 2.05) is 0 Å². The fraction of sp³-hybridized carbons (Fsp3) is 0.250. The molecular weight excluding hydrogens is 206 g/mol. The minimum atomic E-state index is -1.78. The zero-order valence-corrected chi connectivity index (χ0v) is 7.75. The highest BCUT2D eigenvalue weighted by molar-refractivity contribution is 5.75. The molecule has 0 aliphatic rings. The highest BCUT2D eigenvalue weighted by Crippen LogP contribution is 2.13. The van der Waals surface area contributed by atoms with Crippen LogP contribution in [-0.4, -0.2) is 33.2 Å². The minimum absolute atomic E-state index is 0.276. The highest BCUT2D eigenvalue weighted by atomic mass is 16.5. The number of ether oxygens (including phenoxy) is 1. The van der Waals surface area contributed by atoms with Crippen molar-refractivity contribution in [3.8, 4) is 5.75 Å². The molecule has 15 heavy (non-hydrogen) atoms. The van der Waals surface area contributed by atoms with Gasteiger partial charge in [-0.25, -0.2) is 4.79 Å². The molecule has 0 aliphatic carbocycles. The summed E-state index contributed by atoms with van der Waals surface area (Å²) in [6, 6.07) is 0.733. The fourth-order valence-corrected chi connectivity index (χ4v) is 0.965. The fourth-order valence-electron chi connectivity index (χ4n) is 0.965. The van der Waals surface area contributed by atoms with Crippen LogP contribution >= 0.6 is 0 Å². The van der Waals surface area contributed by atoms with E-state index in [1.54, 1.807) is 0 Å². The van der Waals surface area contributed by atoms with Crippen LogP contribution in [0.3, 0.4) is 0 Å². The molecule has 0 aromatic carbocycles. The van der Waals surface area contributed by atoms with E-state index in [9.17, 15) is 19.9 Å². The van der Waals surface area contributed by atoms with E-state index >= 15 is 0 Å². The van der Waals surface area contributed by atoms with E-state index in [4.69, 9.17) is 5.11 Å². The lowest BCUT2D eigenvalue weighted by Gasteiger charge is -2.11. The van der Waals surface area contributed by atoms with Crippen LogP contribution in [0.1, 0.15) is 11.8 Å². The number of carbonyl (C=O) groups excluding carboxylic acids is 1. The summed E-state index contributed by atoms with van der Waals surface area (Å²) >= 11 is 0. The van der Waals surface area contributed by atoms with Gasteiger partial charge in [0.1, 0.15) is 5.69 Å². The van der Waals surface area contributed by atoms with Crippen LogP contribution in [0.25, 0.3) is 0 Å². The Morgan fingerprint density at radius 3 is 2.73 bits per heavy atom. The number of pyridine rings is 1. The first-order valence-corrected chi connectivity index (χ1v) is 3.88. The number of hydrogen-bond acceptors (Lipinski definition) is 6. The van der Waals surface area contributed by atoms with Gasteiger partial charge in [0.25, 0.3) is 0 Å². The maximum absolute atomic E-state index is 11.0. The third kappa shape index (κ3) is 2.08. The number of aliphatic hydroxyl groups excluding tert-OH is 1. The van der Waals surface area contributed by atoms with E-state index < -0.39 is 23.3 Å². The van der Waals surface area contributed by atoms with Crippen molar-refractivity contribution in [2.75, 3.05) is 7.11 Å². The largest absolute Gasteiger partial charge is 0.503 e. The van der Waals surface area contributed by atoms with Crippen LogP contribution in [-0.2, 0) is 9.53 Å². The standard InChI is InChI=1S/C8H9NO6/c1-15-8(13)7(12)4-2-5(10)6(11)3-9(4)14/h2-3,7,11-12,14H,1H3. The van der Waals surface area contributed by atoms with E-state index in [0.717, 1.165) is 13.2 Å². The van der Waals surface area contributed by atoms with Gasteiger partial charge in [-0.05, 0) is 0 Å². The van der Waals surface area contributed by atoms with Crippen molar-refractivity contribution in [1.29, 1.82) is 0 Å². The normalized spacial score (nSPS) is 12.1. The maximum atomic E-state index is 11.0. The maximum Gasteiger partial charge on any atom is 0.341 e. The van der Waals surface area contributed by atoms with E-state index in [2.05, 4.69) is 4.74 Å². The minimum Gasteiger partial charge on any atom is -0.503 e. The SMILES string of the molecule is COC(=O)C(O)c1cc(=O)c(O)cn1O. The van der Waals surface area contributed by atoms with Gasteiger partial charge in [-0.2, -0.15) is 4.73 Å². The van der Waals surface area contributed by atoms with Gasteiger partial charge in [0, 0.05) is 6.07 Å². The lowest BCUT2D eigenvalue weighted by molar-refractivity contribution is -0.151. The Bertz CT molecular complexity index is 437. The summed E-state index contributed by atoms with van der Waals surface area (Å²) in [6.45, 7) is 0. The van der Waals surface area contributed by atoms with Crippen molar-refractivity contribution in [2.24, 2.45) is 0 Å². The Morgan fingerprint density at radius 1 is 1.60 bits per heavy atom. The molecule has 1 unspecified atom stereocenters. The molecule has 0 radical (unpaired) electrons. The first kappa shape index (κ1) is 11.1. The quantitative estimate of drug-likeness (QED) is 0.431. The van der Waals surface area contributed by atoms with E-state index in [1.165, 1.54) is 0 Å². The summed E-state index contributed by atoms with van der Waals surface area (Å²) in [5.74, 6) is -1.72. The van der Waals surface area contributed by atoms with Crippen LogP contribution < -0.4 is 5.43 Å². The summed E-state index contributed by atoms with van der Waals surface area (Å²) in [4.78, 5) is 21.9. The smallest absolute Gasteiger partial charge is 0.341 e. The van der Waals surface area contributed by atoms with Crippen molar-refractivity contribution in [1.82, 2.24) is 4.73 Å². The van der Waals surface area contributed by atoms with Gasteiger partial charge < -0.3 is 20.2 Å². The number of methoxy groups -OCH3 is 1. The van der Waals surface area contributed by atoms with Gasteiger partial charge in [-0.3, -0.25) is 4.79 Å². The highest BCUT2D eigenvalue weighted by Gasteiger charge is 2.22. The topological polar surface area (TPSA) is 109 Å². The van der Waals surface area contributed by atoms with Crippen molar-refractivity contribution in [3.05, 3.63) is 28.2 Å². The number of rotatable bonds is 2. The molecular formula is C8H9NO6. The molecule has 7 nitrogen and oxygen atoms in total. The van der Waals surface area contributed by atoms with Gasteiger partial charge in [0.15, 0.2) is 11.9 Å².